The van der Waals surface area contributed by atoms with Crippen molar-refractivity contribution < 1.29 is 21.6 Å². The second kappa shape index (κ2) is 7.46. The Hall–Kier alpha value is -1.97. The van der Waals surface area contributed by atoms with Gasteiger partial charge in [-0.2, -0.15) is 13.2 Å². The Morgan fingerprint density at radius 2 is 1.75 bits per heavy atom. The Morgan fingerprint density at radius 3 is 2.39 bits per heavy atom. The van der Waals surface area contributed by atoms with Gasteiger partial charge < -0.3 is 0 Å². The third-order valence-corrected chi connectivity index (χ3v) is 7.40. The molecule has 0 aliphatic rings. The lowest BCUT2D eigenvalue weighted by molar-refractivity contribution is -0.137. The summed E-state index contributed by atoms with van der Waals surface area (Å²) in [6.45, 7) is 1.98. The van der Waals surface area contributed by atoms with E-state index in [0.29, 0.717) is 11.6 Å². The van der Waals surface area contributed by atoms with Gasteiger partial charge >= 0.3 is 6.18 Å². The predicted molar refractivity (Wildman–Crippen MR) is 105 cm³/mol. The summed E-state index contributed by atoms with van der Waals surface area (Å²) < 4.78 is 66.4. The molecule has 0 radical (unpaired) electrons. The molecule has 1 atom stereocenters. The fraction of sp³-hybridized carbons (Fsp3) is 0.263. The first kappa shape index (κ1) is 20.8. The molecule has 1 aromatic heterocycles. The standard InChI is InChI=1S/C19H19F3N2O2S2/c1-13(23(2)3)27-18-12-24(17-10-5-4-9-16(17)18)28(25,26)15-8-6-7-14(11-15)19(20,21)22/h4-13H,1-3H3. The summed E-state index contributed by atoms with van der Waals surface area (Å²) in [6.07, 6.45) is -3.14. The van der Waals surface area contributed by atoms with Crippen molar-refractivity contribution in [2.75, 3.05) is 14.1 Å². The van der Waals surface area contributed by atoms with Gasteiger partial charge in [0.25, 0.3) is 10.0 Å². The molecule has 1 heterocycles. The average Bonchev–Trinajstić information content (AvgIpc) is 3.00. The molecule has 0 amide bonds. The van der Waals surface area contributed by atoms with Crippen LogP contribution in [0.2, 0.25) is 0 Å². The highest BCUT2D eigenvalue weighted by molar-refractivity contribution is 8.00. The van der Waals surface area contributed by atoms with Gasteiger partial charge in [0.15, 0.2) is 0 Å². The largest absolute Gasteiger partial charge is 0.416 e. The van der Waals surface area contributed by atoms with E-state index in [1.165, 1.54) is 24.0 Å². The van der Waals surface area contributed by atoms with Crippen molar-refractivity contribution >= 4 is 32.7 Å². The zero-order chi connectivity index (χ0) is 20.7. The van der Waals surface area contributed by atoms with Crippen LogP contribution in [-0.4, -0.2) is 36.8 Å². The summed E-state index contributed by atoms with van der Waals surface area (Å²) in [5, 5.41) is 0.812. The topological polar surface area (TPSA) is 42.3 Å². The van der Waals surface area contributed by atoms with Gasteiger partial charge in [-0.1, -0.05) is 24.3 Å². The molecule has 0 spiro atoms. The number of aromatic nitrogens is 1. The minimum absolute atomic E-state index is 0.0792. The van der Waals surface area contributed by atoms with Gasteiger partial charge in [0.2, 0.25) is 0 Å². The van der Waals surface area contributed by atoms with Crippen LogP contribution < -0.4 is 0 Å². The van der Waals surface area contributed by atoms with E-state index in [9.17, 15) is 21.6 Å². The predicted octanol–water partition coefficient (Wildman–Crippen LogP) is 4.90. The molecule has 0 aliphatic heterocycles. The van der Waals surface area contributed by atoms with Gasteiger partial charge in [-0.25, -0.2) is 12.4 Å². The summed E-state index contributed by atoms with van der Waals surface area (Å²) in [5.41, 5.74) is -0.575. The molecule has 3 aromatic rings. The molecule has 0 N–H and O–H groups in total. The minimum Gasteiger partial charge on any atom is -0.298 e. The molecule has 1 unspecified atom stereocenters. The number of nitrogens with zero attached hydrogens (tertiary/aromatic N) is 2. The lowest BCUT2D eigenvalue weighted by atomic mass is 10.2. The first-order chi connectivity index (χ1) is 13.0. The molecular formula is C19H19F3N2O2S2. The van der Waals surface area contributed by atoms with E-state index in [1.54, 1.807) is 24.3 Å². The van der Waals surface area contributed by atoms with Crippen LogP contribution in [0.25, 0.3) is 10.9 Å². The normalized spacial score (nSPS) is 14.0. The number of hydrogen-bond donors (Lipinski definition) is 0. The maximum Gasteiger partial charge on any atom is 0.416 e. The first-order valence-corrected chi connectivity index (χ1v) is 10.7. The fourth-order valence-electron chi connectivity index (χ4n) is 2.65. The van der Waals surface area contributed by atoms with Crippen molar-refractivity contribution in [2.45, 2.75) is 28.3 Å². The van der Waals surface area contributed by atoms with Crippen molar-refractivity contribution in [3.63, 3.8) is 0 Å². The van der Waals surface area contributed by atoms with E-state index in [0.717, 1.165) is 26.4 Å². The average molecular weight is 429 g/mol. The summed E-state index contributed by atoms with van der Waals surface area (Å²) in [5.74, 6) is 0. The van der Waals surface area contributed by atoms with Crippen LogP contribution in [0.3, 0.4) is 0 Å². The number of thioether (sulfide) groups is 1. The molecule has 2 aromatic carbocycles. The van der Waals surface area contributed by atoms with Crippen LogP contribution in [0.15, 0.2) is 64.5 Å². The lowest BCUT2D eigenvalue weighted by Gasteiger charge is -2.18. The Balaban J connectivity index is 2.15. The summed E-state index contributed by atoms with van der Waals surface area (Å²) in [7, 11) is -0.368. The number of halogens is 3. The number of benzene rings is 2. The van der Waals surface area contributed by atoms with E-state index in [1.807, 2.05) is 25.9 Å². The highest BCUT2D eigenvalue weighted by Crippen LogP contribution is 2.36. The monoisotopic (exact) mass is 428 g/mol. The van der Waals surface area contributed by atoms with E-state index in [-0.39, 0.29) is 5.37 Å². The van der Waals surface area contributed by atoms with Crippen molar-refractivity contribution in [3.05, 3.63) is 60.3 Å². The Bertz CT molecular complexity index is 1110. The zero-order valence-electron chi connectivity index (χ0n) is 15.4. The third-order valence-electron chi connectivity index (χ3n) is 4.38. The molecule has 0 fully saturated rings. The van der Waals surface area contributed by atoms with Crippen LogP contribution >= 0.6 is 11.8 Å². The fourth-order valence-corrected chi connectivity index (χ4v) is 5.17. The van der Waals surface area contributed by atoms with Crippen LogP contribution in [0, 0.1) is 0 Å². The molecule has 9 heteroatoms. The van der Waals surface area contributed by atoms with Crippen LogP contribution in [-0.2, 0) is 16.2 Å². The molecule has 0 bridgehead atoms. The van der Waals surface area contributed by atoms with E-state index >= 15 is 0 Å². The second-order valence-corrected chi connectivity index (χ2v) is 9.69. The van der Waals surface area contributed by atoms with Crippen LogP contribution in [0.5, 0.6) is 0 Å². The number of hydrogen-bond acceptors (Lipinski definition) is 4. The van der Waals surface area contributed by atoms with E-state index in [2.05, 4.69) is 0 Å². The molecule has 0 saturated carbocycles. The van der Waals surface area contributed by atoms with Gasteiger partial charge in [0.05, 0.1) is 21.3 Å². The van der Waals surface area contributed by atoms with Crippen LogP contribution in [0.1, 0.15) is 12.5 Å². The van der Waals surface area contributed by atoms with Crippen molar-refractivity contribution in [1.82, 2.24) is 8.87 Å². The maximum atomic E-state index is 13.1. The Labute approximate surface area is 166 Å². The van der Waals surface area contributed by atoms with Gasteiger partial charge in [0.1, 0.15) is 0 Å². The van der Waals surface area contributed by atoms with Crippen LogP contribution in [0.4, 0.5) is 13.2 Å². The molecule has 150 valence electrons. The third kappa shape index (κ3) is 3.92. The minimum atomic E-state index is -4.62. The highest BCUT2D eigenvalue weighted by atomic mass is 32.2. The summed E-state index contributed by atoms with van der Waals surface area (Å²) in [4.78, 5) is 2.32. The number of para-hydroxylation sites is 1. The molecule has 4 nitrogen and oxygen atoms in total. The van der Waals surface area contributed by atoms with E-state index < -0.39 is 26.7 Å². The highest BCUT2D eigenvalue weighted by Gasteiger charge is 2.32. The smallest absolute Gasteiger partial charge is 0.298 e. The molecule has 3 rings (SSSR count). The Kier molecular flexibility index (Phi) is 5.53. The second-order valence-electron chi connectivity index (χ2n) is 6.52. The molecule has 0 aliphatic carbocycles. The van der Waals surface area contributed by atoms with Crippen molar-refractivity contribution in [1.29, 1.82) is 0 Å². The first-order valence-electron chi connectivity index (χ1n) is 8.38. The van der Waals surface area contributed by atoms with Gasteiger partial charge in [-0.3, -0.25) is 4.90 Å². The van der Waals surface area contributed by atoms with Crippen molar-refractivity contribution in [3.8, 4) is 0 Å². The van der Waals surface area contributed by atoms with Crippen molar-refractivity contribution in [2.24, 2.45) is 0 Å². The summed E-state index contributed by atoms with van der Waals surface area (Å²) in [6, 6.07) is 10.7. The molecule has 28 heavy (non-hydrogen) atoms. The number of fused-ring (bicyclic) bond motifs is 1. The van der Waals surface area contributed by atoms with Gasteiger partial charge in [-0.15, -0.1) is 11.8 Å². The zero-order valence-corrected chi connectivity index (χ0v) is 17.1. The lowest BCUT2D eigenvalue weighted by Crippen LogP contribution is -2.20. The molecule has 0 saturated heterocycles. The SMILES string of the molecule is CC(Sc1cn(S(=O)(=O)c2cccc(C(F)(F)F)c2)c2ccccc12)N(C)C. The maximum absolute atomic E-state index is 13.1. The quantitative estimate of drug-likeness (QED) is 0.428. The molecular weight excluding hydrogens is 409 g/mol. The van der Waals surface area contributed by atoms with Gasteiger partial charge in [0, 0.05) is 16.5 Å². The van der Waals surface area contributed by atoms with Gasteiger partial charge in [-0.05, 0) is 45.3 Å². The Morgan fingerprint density at radius 1 is 1.07 bits per heavy atom. The number of rotatable bonds is 5. The number of alkyl halides is 3. The summed E-state index contributed by atoms with van der Waals surface area (Å²) >= 11 is 1.48. The van der Waals surface area contributed by atoms with E-state index in [4.69, 9.17) is 0 Å².